The number of amides is 1. The summed E-state index contributed by atoms with van der Waals surface area (Å²) < 4.78 is 2.12. The maximum absolute atomic E-state index is 12.5. The monoisotopic (exact) mass is 644 g/mol. The van der Waals surface area contributed by atoms with Crippen LogP contribution >= 0.6 is 12.4 Å². The first-order valence-corrected chi connectivity index (χ1v) is 16.5. The summed E-state index contributed by atoms with van der Waals surface area (Å²) in [6.45, 7) is 11.4. The first-order valence-electron chi connectivity index (χ1n) is 16.5. The number of benzene rings is 2. The molecule has 7 rings (SSSR count). The third-order valence-corrected chi connectivity index (χ3v) is 9.46. The standard InChI is InChI=1S/C34H44N10O.ClH/c45-31(21-26-5-2-1-3-6-26)39-28-22-30(23-28)44-25-38-32-33(36-24-37-34(32)44)40-27-7-9-29(10-8-27)43-19-17-42(18-20-43)14-4-13-41-15-11-35-12-16-41;/h1-3,5-10,24-25,28,30,35H,4,11-23H2,(H,39,45)(H,36,37,40);1H. The minimum absolute atomic E-state index is 0. The topological polar surface area (TPSA) is 106 Å². The molecule has 3 fully saturated rings. The number of nitrogens with one attached hydrogen (secondary N) is 3. The molecule has 1 saturated carbocycles. The first kappa shape index (κ1) is 32.2. The lowest BCUT2D eigenvalue weighted by Crippen LogP contribution is -2.48. The zero-order valence-corrected chi connectivity index (χ0v) is 27.2. The van der Waals surface area contributed by atoms with Crippen LogP contribution in [-0.2, 0) is 11.2 Å². The number of aromatic nitrogens is 4. The van der Waals surface area contributed by atoms with Crippen LogP contribution in [0.1, 0.15) is 30.9 Å². The molecule has 0 unspecified atom stereocenters. The molecule has 1 aliphatic carbocycles. The lowest BCUT2D eigenvalue weighted by Gasteiger charge is -2.36. The van der Waals surface area contributed by atoms with Gasteiger partial charge in [0.05, 0.1) is 12.7 Å². The number of nitrogens with zero attached hydrogens (tertiary/aromatic N) is 7. The second-order valence-corrected chi connectivity index (χ2v) is 12.5. The van der Waals surface area contributed by atoms with E-state index in [0.29, 0.717) is 12.2 Å². The number of rotatable bonds is 11. The van der Waals surface area contributed by atoms with E-state index in [4.69, 9.17) is 0 Å². The molecule has 11 nitrogen and oxygen atoms in total. The number of carbonyl (C=O) groups excluding carboxylic acids is 1. The van der Waals surface area contributed by atoms with Crippen molar-refractivity contribution < 1.29 is 4.79 Å². The van der Waals surface area contributed by atoms with Crippen molar-refractivity contribution in [1.82, 2.24) is 40.0 Å². The van der Waals surface area contributed by atoms with Gasteiger partial charge in [0.1, 0.15) is 6.33 Å². The fraction of sp³-hybridized carbons (Fsp3) is 0.471. The Kier molecular flexibility index (Phi) is 10.6. The summed E-state index contributed by atoms with van der Waals surface area (Å²) >= 11 is 0. The average Bonchev–Trinajstić information content (AvgIpc) is 3.49. The van der Waals surface area contributed by atoms with Gasteiger partial charge in [-0.05, 0) is 62.2 Å². The fourth-order valence-electron chi connectivity index (χ4n) is 6.78. The minimum atomic E-state index is 0. The van der Waals surface area contributed by atoms with E-state index in [9.17, 15) is 4.79 Å². The summed E-state index contributed by atoms with van der Waals surface area (Å²) in [6, 6.07) is 18.9. The molecule has 2 aromatic carbocycles. The van der Waals surface area contributed by atoms with Crippen molar-refractivity contribution in [3.8, 4) is 0 Å². The molecule has 1 amide bonds. The fourth-order valence-corrected chi connectivity index (χ4v) is 6.78. The van der Waals surface area contributed by atoms with E-state index in [0.717, 1.165) is 74.5 Å². The van der Waals surface area contributed by atoms with E-state index in [2.05, 4.69) is 74.4 Å². The molecule has 12 heteroatoms. The Morgan fingerprint density at radius 2 is 1.57 bits per heavy atom. The van der Waals surface area contributed by atoms with Crippen molar-refractivity contribution in [2.45, 2.75) is 37.8 Å². The molecular weight excluding hydrogens is 600 g/mol. The predicted octanol–water partition coefficient (Wildman–Crippen LogP) is 3.47. The number of hydrogen-bond acceptors (Lipinski definition) is 9. The SMILES string of the molecule is Cl.O=C(Cc1ccccc1)NC1CC(n2cnc3c(Nc4ccc(N5CCN(CCCN6CCNCC6)CC5)cc4)ncnc32)C1. The summed E-state index contributed by atoms with van der Waals surface area (Å²) in [5.74, 6) is 0.770. The second kappa shape index (κ2) is 15.2. The number of carbonyl (C=O) groups is 1. The van der Waals surface area contributed by atoms with Gasteiger partial charge in [-0.25, -0.2) is 15.0 Å². The molecule has 4 aromatic rings. The number of halogens is 1. The second-order valence-electron chi connectivity index (χ2n) is 12.5. The molecule has 244 valence electrons. The molecular formula is C34H45ClN10O. The molecule has 4 heterocycles. The van der Waals surface area contributed by atoms with Crippen LogP contribution in [0.2, 0.25) is 0 Å². The zero-order valence-electron chi connectivity index (χ0n) is 26.4. The number of imidazole rings is 1. The van der Waals surface area contributed by atoms with Crippen LogP contribution in [-0.4, -0.2) is 107 Å². The molecule has 2 saturated heterocycles. The van der Waals surface area contributed by atoms with Crippen LogP contribution in [0.25, 0.3) is 11.2 Å². The third-order valence-electron chi connectivity index (χ3n) is 9.46. The zero-order chi connectivity index (χ0) is 30.4. The van der Waals surface area contributed by atoms with Gasteiger partial charge in [-0.15, -0.1) is 12.4 Å². The van der Waals surface area contributed by atoms with Gasteiger partial charge in [0.2, 0.25) is 5.91 Å². The third kappa shape index (κ3) is 7.78. The summed E-state index contributed by atoms with van der Waals surface area (Å²) in [5, 5.41) is 10.1. The van der Waals surface area contributed by atoms with Gasteiger partial charge in [-0.3, -0.25) is 9.69 Å². The van der Waals surface area contributed by atoms with Crippen LogP contribution in [0.15, 0.2) is 67.3 Å². The average molecular weight is 645 g/mol. The molecule has 0 radical (unpaired) electrons. The van der Waals surface area contributed by atoms with Crippen molar-refractivity contribution in [1.29, 1.82) is 0 Å². The smallest absolute Gasteiger partial charge is 0.224 e. The Hall–Kier alpha value is -3.77. The molecule has 2 aromatic heterocycles. The van der Waals surface area contributed by atoms with Crippen molar-refractivity contribution >= 4 is 46.7 Å². The molecule has 0 bridgehead atoms. The number of fused-ring (bicyclic) bond motifs is 1. The Labute approximate surface area is 277 Å². The number of anilines is 3. The van der Waals surface area contributed by atoms with Gasteiger partial charge in [0.25, 0.3) is 0 Å². The molecule has 2 aliphatic heterocycles. The Morgan fingerprint density at radius 1 is 0.848 bits per heavy atom. The van der Waals surface area contributed by atoms with Gasteiger partial charge in [0, 0.05) is 75.8 Å². The minimum Gasteiger partial charge on any atom is -0.369 e. The maximum Gasteiger partial charge on any atom is 0.224 e. The van der Waals surface area contributed by atoms with Gasteiger partial charge in [-0.1, -0.05) is 30.3 Å². The Morgan fingerprint density at radius 3 is 2.30 bits per heavy atom. The van der Waals surface area contributed by atoms with E-state index in [1.54, 1.807) is 6.33 Å². The van der Waals surface area contributed by atoms with E-state index in [-0.39, 0.29) is 30.4 Å². The van der Waals surface area contributed by atoms with Crippen molar-refractivity contribution in [2.24, 2.45) is 0 Å². The first-order chi connectivity index (χ1) is 22.2. The number of hydrogen-bond donors (Lipinski definition) is 3. The van der Waals surface area contributed by atoms with Gasteiger partial charge in [-0.2, -0.15) is 0 Å². The van der Waals surface area contributed by atoms with E-state index in [1.807, 2.05) is 36.7 Å². The van der Waals surface area contributed by atoms with Crippen LogP contribution in [0.4, 0.5) is 17.2 Å². The quantitative estimate of drug-likeness (QED) is 0.226. The molecule has 3 N–H and O–H groups in total. The lowest BCUT2D eigenvalue weighted by molar-refractivity contribution is -0.121. The van der Waals surface area contributed by atoms with Crippen LogP contribution in [0, 0.1) is 0 Å². The van der Waals surface area contributed by atoms with Gasteiger partial charge in [0.15, 0.2) is 17.0 Å². The lowest BCUT2D eigenvalue weighted by atomic mass is 9.86. The van der Waals surface area contributed by atoms with Crippen LogP contribution in [0.5, 0.6) is 0 Å². The maximum atomic E-state index is 12.5. The van der Waals surface area contributed by atoms with Crippen molar-refractivity contribution in [2.75, 3.05) is 75.7 Å². The summed E-state index contributed by atoms with van der Waals surface area (Å²) in [6.07, 6.45) is 6.84. The highest BCUT2D eigenvalue weighted by Gasteiger charge is 2.33. The normalized spacial score (nSPS) is 20.6. The predicted molar refractivity (Wildman–Crippen MR) is 185 cm³/mol. The highest BCUT2D eigenvalue weighted by molar-refractivity contribution is 5.86. The summed E-state index contributed by atoms with van der Waals surface area (Å²) in [4.78, 5) is 33.9. The largest absolute Gasteiger partial charge is 0.369 e. The van der Waals surface area contributed by atoms with Crippen molar-refractivity contribution in [3.05, 3.63) is 72.8 Å². The molecule has 0 atom stereocenters. The van der Waals surface area contributed by atoms with Gasteiger partial charge >= 0.3 is 0 Å². The Bertz CT molecular complexity index is 1550. The molecule has 46 heavy (non-hydrogen) atoms. The van der Waals surface area contributed by atoms with E-state index in [1.165, 1.54) is 38.3 Å². The van der Waals surface area contributed by atoms with Crippen LogP contribution in [0.3, 0.4) is 0 Å². The van der Waals surface area contributed by atoms with E-state index >= 15 is 0 Å². The van der Waals surface area contributed by atoms with Crippen LogP contribution < -0.4 is 20.9 Å². The number of piperazine rings is 2. The molecule has 3 aliphatic rings. The van der Waals surface area contributed by atoms with E-state index < -0.39 is 0 Å². The summed E-state index contributed by atoms with van der Waals surface area (Å²) in [5.41, 5.74) is 4.83. The summed E-state index contributed by atoms with van der Waals surface area (Å²) in [7, 11) is 0. The highest BCUT2D eigenvalue weighted by Crippen LogP contribution is 2.35. The van der Waals surface area contributed by atoms with Crippen molar-refractivity contribution in [3.63, 3.8) is 0 Å². The molecule has 0 spiro atoms. The van der Waals surface area contributed by atoms with Gasteiger partial charge < -0.3 is 30.3 Å². The highest BCUT2D eigenvalue weighted by atomic mass is 35.5. The Balaban J connectivity index is 0.00000372.